The summed E-state index contributed by atoms with van der Waals surface area (Å²) in [5.74, 6) is 0. The van der Waals surface area contributed by atoms with E-state index in [2.05, 4.69) is 141 Å². The normalized spacial score (nSPS) is 11.3. The Kier molecular flexibility index (Phi) is 6.22. The number of para-hydroxylation sites is 4. The van der Waals surface area contributed by atoms with E-state index in [1.165, 1.54) is 0 Å². The smallest absolute Gasteiger partial charge is 0.211 e. The monoisotopic (exact) mass is 610 g/mol. The molecule has 0 radical (unpaired) electrons. The van der Waals surface area contributed by atoms with Gasteiger partial charge in [-0.05, 0) is 64.7 Å². The summed E-state index contributed by atoms with van der Waals surface area (Å²) in [6.07, 6.45) is 0. The first-order valence-corrected chi connectivity index (χ1v) is 15.9. The van der Waals surface area contributed by atoms with Crippen LogP contribution in [0.2, 0.25) is 0 Å². The zero-order chi connectivity index (χ0) is 32.2. The van der Waals surface area contributed by atoms with Gasteiger partial charge in [0.1, 0.15) is 0 Å². The van der Waals surface area contributed by atoms with Gasteiger partial charge in [-0.1, -0.05) is 115 Å². The number of nitriles is 1. The first kappa shape index (κ1) is 27.4. The van der Waals surface area contributed by atoms with E-state index >= 15 is 0 Å². The van der Waals surface area contributed by atoms with Gasteiger partial charge in [-0.25, -0.2) is 4.85 Å². The standard InChI is InChI=1S/C44H26N4/c1-46-38-22-12-21-36(44(38)48-39-23-7-4-18-34(39)35-19-5-8-24-40(35)48)33-17-3-2-16-32(33)29-13-10-15-31(27-29)47-41-25-9-6-20-37(41)43-30(28-45)14-11-26-42(43)47/h2-27H. The van der Waals surface area contributed by atoms with E-state index in [1.807, 2.05) is 36.4 Å². The zero-order valence-corrected chi connectivity index (χ0v) is 25.8. The van der Waals surface area contributed by atoms with E-state index in [0.29, 0.717) is 11.3 Å². The second-order valence-electron chi connectivity index (χ2n) is 11.9. The summed E-state index contributed by atoms with van der Waals surface area (Å²) in [6, 6.07) is 56.5. The molecule has 0 aliphatic carbocycles. The highest BCUT2D eigenvalue weighted by Gasteiger charge is 2.21. The van der Waals surface area contributed by atoms with E-state index in [-0.39, 0.29) is 0 Å². The minimum atomic E-state index is 0.598. The molecule has 0 N–H and O–H groups in total. The molecule has 4 heteroatoms. The maximum Gasteiger partial charge on any atom is 0.211 e. The molecule has 0 fully saturated rings. The molecule has 222 valence electrons. The Morgan fingerprint density at radius 2 is 1.06 bits per heavy atom. The highest BCUT2D eigenvalue weighted by atomic mass is 15.0. The fraction of sp³-hybridized carbons (Fsp3) is 0. The fourth-order valence-corrected chi connectivity index (χ4v) is 7.41. The summed E-state index contributed by atoms with van der Waals surface area (Å²) in [4.78, 5) is 4.05. The van der Waals surface area contributed by atoms with Crippen LogP contribution in [0.4, 0.5) is 5.69 Å². The Morgan fingerprint density at radius 1 is 0.500 bits per heavy atom. The third-order valence-electron chi connectivity index (χ3n) is 9.39. The Balaban J connectivity index is 1.30. The van der Waals surface area contributed by atoms with Gasteiger partial charge < -0.3 is 9.13 Å². The molecule has 7 aromatic carbocycles. The minimum Gasteiger partial charge on any atom is -0.318 e. The van der Waals surface area contributed by atoms with Gasteiger partial charge in [0.2, 0.25) is 5.69 Å². The van der Waals surface area contributed by atoms with Crippen molar-refractivity contribution < 1.29 is 0 Å². The van der Waals surface area contributed by atoms with Gasteiger partial charge in [0.05, 0.1) is 46.0 Å². The molecule has 0 amide bonds. The van der Waals surface area contributed by atoms with Gasteiger partial charge >= 0.3 is 0 Å². The van der Waals surface area contributed by atoms with Crippen LogP contribution in [-0.2, 0) is 0 Å². The number of nitrogens with zero attached hydrogens (tertiary/aromatic N) is 4. The van der Waals surface area contributed by atoms with Gasteiger partial charge in [0.25, 0.3) is 0 Å². The molecule has 0 bridgehead atoms. The van der Waals surface area contributed by atoms with Gasteiger partial charge in [-0.2, -0.15) is 5.26 Å². The van der Waals surface area contributed by atoms with Crippen LogP contribution in [0, 0.1) is 17.9 Å². The van der Waals surface area contributed by atoms with E-state index in [4.69, 9.17) is 6.57 Å². The highest BCUT2D eigenvalue weighted by Crippen LogP contribution is 2.44. The van der Waals surface area contributed by atoms with Crippen LogP contribution in [0.15, 0.2) is 158 Å². The maximum atomic E-state index is 9.97. The van der Waals surface area contributed by atoms with Crippen LogP contribution < -0.4 is 0 Å². The van der Waals surface area contributed by atoms with E-state index in [0.717, 1.165) is 77.2 Å². The van der Waals surface area contributed by atoms with Crippen LogP contribution >= 0.6 is 0 Å². The molecule has 4 nitrogen and oxygen atoms in total. The Morgan fingerprint density at radius 3 is 1.77 bits per heavy atom. The largest absolute Gasteiger partial charge is 0.318 e. The Bertz CT molecular complexity index is 2760. The zero-order valence-electron chi connectivity index (χ0n) is 25.8. The van der Waals surface area contributed by atoms with Crippen LogP contribution in [0.5, 0.6) is 0 Å². The second-order valence-corrected chi connectivity index (χ2v) is 11.9. The molecule has 48 heavy (non-hydrogen) atoms. The molecule has 0 saturated carbocycles. The van der Waals surface area contributed by atoms with Crippen molar-refractivity contribution in [3.05, 3.63) is 175 Å². The summed E-state index contributed by atoms with van der Waals surface area (Å²) in [5.41, 5.74) is 11.5. The molecular formula is C44H26N4. The Labute approximate surface area is 277 Å². The Hall–Kier alpha value is -6.88. The molecule has 0 aliphatic rings. The van der Waals surface area contributed by atoms with E-state index in [1.54, 1.807) is 0 Å². The van der Waals surface area contributed by atoms with Crippen molar-refractivity contribution in [2.75, 3.05) is 0 Å². The second kappa shape index (κ2) is 10.9. The van der Waals surface area contributed by atoms with Gasteiger partial charge in [0.15, 0.2) is 0 Å². The predicted octanol–water partition coefficient (Wildman–Crippen LogP) is 11.6. The number of benzene rings is 7. The number of rotatable bonds is 4. The molecule has 0 saturated heterocycles. The van der Waals surface area contributed by atoms with Crippen molar-refractivity contribution >= 4 is 49.3 Å². The highest BCUT2D eigenvalue weighted by molar-refractivity contribution is 6.12. The molecule has 0 spiro atoms. The van der Waals surface area contributed by atoms with Gasteiger partial charge in [0, 0.05) is 27.2 Å². The van der Waals surface area contributed by atoms with Gasteiger partial charge in [-0.3, -0.25) is 0 Å². The molecule has 2 aromatic heterocycles. The molecule has 0 unspecified atom stereocenters. The minimum absolute atomic E-state index is 0.598. The van der Waals surface area contributed by atoms with Crippen molar-refractivity contribution in [2.45, 2.75) is 0 Å². The summed E-state index contributed by atoms with van der Waals surface area (Å²) < 4.78 is 4.51. The number of aromatic nitrogens is 2. The number of hydrogen-bond acceptors (Lipinski definition) is 1. The molecule has 9 aromatic rings. The first-order chi connectivity index (χ1) is 23.8. The van der Waals surface area contributed by atoms with Crippen molar-refractivity contribution in [3.8, 4) is 39.7 Å². The summed E-state index contributed by atoms with van der Waals surface area (Å²) in [6.45, 7) is 8.24. The maximum absolute atomic E-state index is 9.97. The molecule has 0 aliphatic heterocycles. The SMILES string of the molecule is [C-]#[N+]c1cccc(-c2ccccc2-c2cccc(-n3c4ccccc4c4c(C#N)cccc43)c2)c1-n1c2ccccc2c2ccccc21. The van der Waals surface area contributed by atoms with Crippen LogP contribution in [0.1, 0.15) is 5.56 Å². The number of hydrogen-bond donors (Lipinski definition) is 0. The lowest BCUT2D eigenvalue weighted by Gasteiger charge is -2.19. The van der Waals surface area contributed by atoms with Crippen molar-refractivity contribution in [3.63, 3.8) is 0 Å². The van der Waals surface area contributed by atoms with Crippen LogP contribution in [-0.4, -0.2) is 9.13 Å². The lowest BCUT2D eigenvalue weighted by molar-refractivity contribution is 1.18. The quantitative estimate of drug-likeness (QED) is 0.183. The summed E-state index contributed by atoms with van der Waals surface area (Å²) >= 11 is 0. The van der Waals surface area contributed by atoms with Crippen molar-refractivity contribution in [1.82, 2.24) is 9.13 Å². The predicted molar refractivity (Wildman–Crippen MR) is 197 cm³/mol. The van der Waals surface area contributed by atoms with Crippen molar-refractivity contribution in [2.24, 2.45) is 0 Å². The van der Waals surface area contributed by atoms with Crippen molar-refractivity contribution in [1.29, 1.82) is 5.26 Å². The van der Waals surface area contributed by atoms with Gasteiger partial charge in [-0.15, -0.1) is 0 Å². The number of fused-ring (bicyclic) bond motifs is 6. The third-order valence-corrected chi connectivity index (χ3v) is 9.39. The summed E-state index contributed by atoms with van der Waals surface area (Å²) in [7, 11) is 0. The fourth-order valence-electron chi connectivity index (χ4n) is 7.41. The molecule has 2 heterocycles. The van der Waals surface area contributed by atoms with E-state index in [9.17, 15) is 5.26 Å². The molecular weight excluding hydrogens is 585 g/mol. The lowest BCUT2D eigenvalue weighted by atomic mass is 9.92. The third kappa shape index (κ3) is 4.01. The first-order valence-electron chi connectivity index (χ1n) is 15.9. The topological polar surface area (TPSA) is 38.0 Å². The summed E-state index contributed by atoms with van der Waals surface area (Å²) in [5, 5.41) is 14.3. The molecule has 9 rings (SSSR count). The van der Waals surface area contributed by atoms with Crippen LogP contribution in [0.25, 0.3) is 82.1 Å². The van der Waals surface area contributed by atoms with Crippen LogP contribution in [0.3, 0.4) is 0 Å². The average Bonchev–Trinajstić information content (AvgIpc) is 3.67. The lowest BCUT2D eigenvalue weighted by Crippen LogP contribution is -1.99. The molecule has 0 atom stereocenters. The van der Waals surface area contributed by atoms with E-state index < -0.39 is 0 Å². The average molecular weight is 611 g/mol.